The van der Waals surface area contributed by atoms with Crippen LogP contribution >= 0.6 is 15.9 Å². The molecule has 0 aromatic heterocycles. The zero-order chi connectivity index (χ0) is 9.30. The van der Waals surface area contributed by atoms with Crippen LogP contribution in [-0.4, -0.2) is 5.11 Å². The van der Waals surface area contributed by atoms with Gasteiger partial charge in [-0.1, -0.05) is 0 Å². The molecule has 0 heterocycles. The van der Waals surface area contributed by atoms with Crippen LogP contribution in [0.3, 0.4) is 0 Å². The minimum atomic E-state index is -0.958. The van der Waals surface area contributed by atoms with Crippen molar-refractivity contribution in [2.24, 2.45) is 0 Å². The molecule has 4 heteroatoms. The largest absolute Gasteiger partial charge is 0.389 e. The molecule has 0 aliphatic heterocycles. The molecule has 0 spiro atoms. The fraction of sp³-hybridized carbons (Fsp3) is 0.250. The van der Waals surface area contributed by atoms with Crippen molar-refractivity contribution in [2.45, 2.75) is 13.0 Å². The number of hydrogen-bond donors (Lipinski definition) is 1. The van der Waals surface area contributed by atoms with E-state index in [1.807, 2.05) is 0 Å². The predicted molar refractivity (Wildman–Crippen MR) is 44.7 cm³/mol. The maximum Gasteiger partial charge on any atom is 0.172 e. The van der Waals surface area contributed by atoms with Gasteiger partial charge in [0.2, 0.25) is 0 Å². The number of aliphatic hydroxyl groups excluding tert-OH is 1. The van der Waals surface area contributed by atoms with Crippen LogP contribution in [0.25, 0.3) is 0 Å². The lowest BCUT2D eigenvalue weighted by Gasteiger charge is -2.05. The van der Waals surface area contributed by atoms with Gasteiger partial charge < -0.3 is 5.11 Å². The second kappa shape index (κ2) is 3.49. The molecule has 0 aliphatic rings. The first-order valence-corrected chi connectivity index (χ1v) is 4.14. The van der Waals surface area contributed by atoms with Crippen molar-refractivity contribution in [2.75, 3.05) is 0 Å². The molecule has 1 N–H and O–H groups in total. The standard InChI is InChI=1S/C8H7BrF2O/c1-4(12)5-2-6(9)8(11)7(10)3-5/h2-4,12H,1H3. The van der Waals surface area contributed by atoms with Gasteiger partial charge in [0, 0.05) is 0 Å². The summed E-state index contributed by atoms with van der Waals surface area (Å²) in [4.78, 5) is 0. The van der Waals surface area contributed by atoms with E-state index in [2.05, 4.69) is 15.9 Å². The van der Waals surface area contributed by atoms with Crippen LogP contribution in [-0.2, 0) is 0 Å². The molecule has 0 fully saturated rings. The molecule has 1 aromatic carbocycles. The van der Waals surface area contributed by atoms with Gasteiger partial charge in [0.25, 0.3) is 0 Å². The highest BCUT2D eigenvalue weighted by molar-refractivity contribution is 9.10. The van der Waals surface area contributed by atoms with Crippen molar-refractivity contribution in [1.29, 1.82) is 0 Å². The van der Waals surface area contributed by atoms with Gasteiger partial charge in [-0.3, -0.25) is 0 Å². The van der Waals surface area contributed by atoms with Crippen molar-refractivity contribution in [3.63, 3.8) is 0 Å². The summed E-state index contributed by atoms with van der Waals surface area (Å²) >= 11 is 2.84. The van der Waals surface area contributed by atoms with E-state index < -0.39 is 17.7 Å². The van der Waals surface area contributed by atoms with Gasteiger partial charge in [0.05, 0.1) is 10.6 Å². The third kappa shape index (κ3) is 1.81. The van der Waals surface area contributed by atoms with E-state index in [4.69, 9.17) is 5.11 Å². The van der Waals surface area contributed by atoms with E-state index in [0.29, 0.717) is 5.56 Å². The summed E-state index contributed by atoms with van der Waals surface area (Å²) in [6, 6.07) is 2.33. The van der Waals surface area contributed by atoms with E-state index in [1.165, 1.54) is 13.0 Å². The third-order valence-corrected chi connectivity index (χ3v) is 2.07. The smallest absolute Gasteiger partial charge is 0.172 e. The lowest BCUT2D eigenvalue weighted by Crippen LogP contribution is -1.95. The first kappa shape index (κ1) is 9.61. The van der Waals surface area contributed by atoms with Crippen molar-refractivity contribution >= 4 is 15.9 Å². The average molecular weight is 237 g/mol. The van der Waals surface area contributed by atoms with Crippen molar-refractivity contribution in [3.05, 3.63) is 33.8 Å². The molecule has 12 heavy (non-hydrogen) atoms. The normalized spacial score (nSPS) is 13.1. The lowest BCUT2D eigenvalue weighted by molar-refractivity contribution is 0.198. The summed E-state index contributed by atoms with van der Waals surface area (Å²) in [5.41, 5.74) is 0.348. The summed E-state index contributed by atoms with van der Waals surface area (Å²) in [6.45, 7) is 1.49. The van der Waals surface area contributed by atoms with Gasteiger partial charge >= 0.3 is 0 Å². The fourth-order valence-corrected chi connectivity index (χ4v) is 1.27. The second-order valence-corrected chi connectivity index (χ2v) is 3.33. The molecule has 0 saturated carbocycles. The summed E-state index contributed by atoms with van der Waals surface area (Å²) < 4.78 is 25.4. The van der Waals surface area contributed by atoms with Gasteiger partial charge in [-0.25, -0.2) is 8.78 Å². The van der Waals surface area contributed by atoms with Gasteiger partial charge in [0.1, 0.15) is 0 Å². The third-order valence-electron chi connectivity index (χ3n) is 1.49. The van der Waals surface area contributed by atoms with Crippen molar-refractivity contribution in [1.82, 2.24) is 0 Å². The average Bonchev–Trinajstić information content (AvgIpc) is 1.99. The summed E-state index contributed by atoms with van der Waals surface area (Å²) in [5, 5.41) is 9.05. The van der Waals surface area contributed by atoms with E-state index in [-0.39, 0.29) is 4.47 Å². The molecule has 1 rings (SSSR count). The van der Waals surface area contributed by atoms with Crippen LogP contribution < -0.4 is 0 Å². The van der Waals surface area contributed by atoms with Gasteiger partial charge in [-0.05, 0) is 40.5 Å². The Morgan fingerprint density at radius 3 is 2.42 bits per heavy atom. The van der Waals surface area contributed by atoms with Gasteiger partial charge in [0.15, 0.2) is 11.6 Å². The molecule has 0 amide bonds. The Balaban J connectivity index is 3.21. The zero-order valence-electron chi connectivity index (χ0n) is 6.31. The molecular formula is C8H7BrF2O. The first-order chi connectivity index (χ1) is 5.52. The Labute approximate surface area is 77.2 Å². The Hall–Kier alpha value is -0.480. The molecule has 1 nitrogen and oxygen atoms in total. The summed E-state index contributed by atoms with van der Waals surface area (Å²) in [5.74, 6) is -1.89. The van der Waals surface area contributed by atoms with E-state index >= 15 is 0 Å². The van der Waals surface area contributed by atoms with E-state index in [0.717, 1.165) is 6.07 Å². The Morgan fingerprint density at radius 2 is 2.00 bits per heavy atom. The van der Waals surface area contributed by atoms with Crippen molar-refractivity contribution < 1.29 is 13.9 Å². The van der Waals surface area contributed by atoms with E-state index in [1.54, 1.807) is 0 Å². The zero-order valence-corrected chi connectivity index (χ0v) is 7.90. The molecule has 0 aliphatic carbocycles. The topological polar surface area (TPSA) is 20.2 Å². The number of hydrogen-bond acceptors (Lipinski definition) is 1. The predicted octanol–water partition coefficient (Wildman–Crippen LogP) is 2.78. The minimum Gasteiger partial charge on any atom is -0.389 e. The maximum atomic E-state index is 12.7. The number of benzene rings is 1. The van der Waals surface area contributed by atoms with Gasteiger partial charge in [-0.2, -0.15) is 0 Å². The molecule has 1 atom stereocenters. The number of aliphatic hydroxyl groups is 1. The SMILES string of the molecule is CC(O)c1cc(F)c(F)c(Br)c1. The summed E-state index contributed by atoms with van der Waals surface area (Å²) in [7, 11) is 0. The molecule has 1 aromatic rings. The lowest BCUT2D eigenvalue weighted by atomic mass is 10.1. The minimum absolute atomic E-state index is 0.0263. The molecule has 66 valence electrons. The molecular weight excluding hydrogens is 230 g/mol. The second-order valence-electron chi connectivity index (χ2n) is 2.47. The molecule has 0 radical (unpaired) electrons. The Bertz CT molecular complexity index is 276. The van der Waals surface area contributed by atoms with Crippen molar-refractivity contribution in [3.8, 4) is 0 Å². The van der Waals surface area contributed by atoms with Crippen LogP contribution in [0, 0.1) is 11.6 Å². The number of halogens is 3. The maximum absolute atomic E-state index is 12.7. The Kier molecular flexibility index (Phi) is 2.80. The van der Waals surface area contributed by atoms with Crippen LogP contribution in [0.1, 0.15) is 18.6 Å². The fourth-order valence-electron chi connectivity index (χ4n) is 0.816. The molecule has 0 saturated heterocycles. The highest BCUT2D eigenvalue weighted by atomic mass is 79.9. The van der Waals surface area contributed by atoms with E-state index in [9.17, 15) is 8.78 Å². The number of rotatable bonds is 1. The monoisotopic (exact) mass is 236 g/mol. The van der Waals surface area contributed by atoms with Crippen LogP contribution in [0.4, 0.5) is 8.78 Å². The summed E-state index contributed by atoms with van der Waals surface area (Å²) in [6.07, 6.45) is -0.795. The Morgan fingerprint density at radius 1 is 1.42 bits per heavy atom. The highest BCUT2D eigenvalue weighted by Crippen LogP contribution is 2.23. The molecule has 0 bridgehead atoms. The molecule has 1 unspecified atom stereocenters. The van der Waals surface area contributed by atoms with Crippen LogP contribution in [0.15, 0.2) is 16.6 Å². The first-order valence-electron chi connectivity index (χ1n) is 3.35. The quantitative estimate of drug-likeness (QED) is 0.744. The van der Waals surface area contributed by atoms with Crippen LogP contribution in [0.2, 0.25) is 0 Å². The highest BCUT2D eigenvalue weighted by Gasteiger charge is 2.10. The van der Waals surface area contributed by atoms with Crippen LogP contribution in [0.5, 0.6) is 0 Å². The van der Waals surface area contributed by atoms with Gasteiger partial charge in [-0.15, -0.1) is 0 Å².